The number of carbonyl (C=O) groups excluding carboxylic acids is 1. The van der Waals surface area contributed by atoms with E-state index < -0.39 is 0 Å². The van der Waals surface area contributed by atoms with Gasteiger partial charge in [-0.25, -0.2) is 4.39 Å². The highest BCUT2D eigenvalue weighted by Crippen LogP contribution is 2.25. The summed E-state index contributed by atoms with van der Waals surface area (Å²) in [6.07, 6.45) is 2.76. The van der Waals surface area contributed by atoms with E-state index in [4.69, 9.17) is 9.47 Å². The van der Waals surface area contributed by atoms with Gasteiger partial charge in [-0.2, -0.15) is 0 Å². The fourth-order valence-electron chi connectivity index (χ4n) is 1.87. The largest absolute Gasteiger partial charge is 0.497 e. The van der Waals surface area contributed by atoms with Gasteiger partial charge in [-0.3, -0.25) is 4.79 Å². The van der Waals surface area contributed by atoms with E-state index in [1.807, 2.05) is 0 Å². The van der Waals surface area contributed by atoms with Crippen LogP contribution < -0.4 is 9.47 Å². The van der Waals surface area contributed by atoms with Gasteiger partial charge in [0.25, 0.3) is 0 Å². The predicted octanol–water partition coefficient (Wildman–Crippen LogP) is 3.74. The summed E-state index contributed by atoms with van der Waals surface area (Å²) in [5.41, 5.74) is 0.720. The molecule has 0 atom stereocenters. The van der Waals surface area contributed by atoms with Crippen molar-refractivity contribution in [2.24, 2.45) is 0 Å². The Morgan fingerprint density at radius 1 is 1.10 bits per heavy atom. The van der Waals surface area contributed by atoms with Crippen molar-refractivity contribution in [2.75, 3.05) is 14.2 Å². The molecule has 0 aliphatic carbocycles. The topological polar surface area (TPSA) is 35.5 Å². The Balaban J connectivity index is 2.30. The molecule has 21 heavy (non-hydrogen) atoms. The van der Waals surface area contributed by atoms with E-state index >= 15 is 0 Å². The maximum absolute atomic E-state index is 13.5. The monoisotopic (exact) mass is 286 g/mol. The summed E-state index contributed by atoms with van der Waals surface area (Å²) >= 11 is 0. The lowest BCUT2D eigenvalue weighted by Gasteiger charge is -2.07. The zero-order chi connectivity index (χ0) is 15.2. The fraction of sp³-hybridized carbons (Fsp3) is 0.118. The van der Waals surface area contributed by atoms with E-state index in [-0.39, 0.29) is 11.6 Å². The molecule has 0 spiro atoms. The molecule has 0 amide bonds. The molecule has 0 N–H and O–H groups in total. The minimum atomic E-state index is -0.376. The molecule has 0 aromatic heterocycles. The summed E-state index contributed by atoms with van der Waals surface area (Å²) < 4.78 is 23.8. The molecule has 0 aliphatic rings. The summed E-state index contributed by atoms with van der Waals surface area (Å²) in [7, 11) is 3.00. The van der Waals surface area contributed by atoms with Crippen molar-refractivity contribution in [3.05, 3.63) is 65.5 Å². The van der Waals surface area contributed by atoms with Gasteiger partial charge in [0, 0.05) is 5.56 Å². The van der Waals surface area contributed by atoms with E-state index in [9.17, 15) is 9.18 Å². The van der Waals surface area contributed by atoms with E-state index in [2.05, 4.69) is 0 Å². The molecule has 2 rings (SSSR count). The maximum atomic E-state index is 13.5. The highest BCUT2D eigenvalue weighted by atomic mass is 19.1. The Kier molecular flexibility index (Phi) is 4.72. The van der Waals surface area contributed by atoms with Crippen molar-refractivity contribution < 1.29 is 18.7 Å². The first kappa shape index (κ1) is 14.8. The van der Waals surface area contributed by atoms with Gasteiger partial charge >= 0.3 is 0 Å². The van der Waals surface area contributed by atoms with Gasteiger partial charge < -0.3 is 9.47 Å². The molecule has 0 saturated heterocycles. The molecule has 0 bridgehead atoms. The minimum absolute atomic E-state index is 0.283. The molecule has 3 nitrogen and oxygen atoms in total. The highest BCUT2D eigenvalue weighted by molar-refractivity contribution is 6.08. The third-order valence-electron chi connectivity index (χ3n) is 2.99. The van der Waals surface area contributed by atoms with Crippen LogP contribution in [0.5, 0.6) is 11.5 Å². The van der Waals surface area contributed by atoms with Crippen molar-refractivity contribution in [3.63, 3.8) is 0 Å². The number of hydrogen-bond acceptors (Lipinski definition) is 3. The molecular weight excluding hydrogens is 271 g/mol. The quantitative estimate of drug-likeness (QED) is 0.620. The van der Waals surface area contributed by atoms with Gasteiger partial charge in [-0.05, 0) is 36.4 Å². The lowest BCUT2D eigenvalue weighted by atomic mass is 10.1. The number of methoxy groups -OCH3 is 2. The molecule has 4 heteroatoms. The summed E-state index contributed by atoms with van der Waals surface area (Å²) in [5, 5.41) is 0. The van der Waals surface area contributed by atoms with Crippen LogP contribution in [-0.4, -0.2) is 20.0 Å². The van der Waals surface area contributed by atoms with Gasteiger partial charge in [-0.15, -0.1) is 0 Å². The van der Waals surface area contributed by atoms with Crippen molar-refractivity contribution in [2.45, 2.75) is 0 Å². The summed E-state index contributed by atoms with van der Waals surface area (Å²) in [5.74, 6) is 0.339. The first-order chi connectivity index (χ1) is 10.2. The lowest BCUT2D eigenvalue weighted by Crippen LogP contribution is -2.00. The second kappa shape index (κ2) is 6.70. The molecule has 108 valence electrons. The van der Waals surface area contributed by atoms with Crippen molar-refractivity contribution >= 4 is 11.9 Å². The van der Waals surface area contributed by atoms with E-state index in [0.29, 0.717) is 22.6 Å². The third-order valence-corrected chi connectivity index (χ3v) is 2.99. The molecule has 2 aromatic rings. The van der Waals surface area contributed by atoms with Crippen LogP contribution in [0, 0.1) is 5.82 Å². The standard InChI is InChI=1S/C17H15FO3/c1-20-13-8-10-17(21-2)14(11-13)16(19)9-7-12-5-3-4-6-15(12)18/h3-11H,1-2H3/b9-7+. The molecule has 0 heterocycles. The first-order valence-corrected chi connectivity index (χ1v) is 6.34. The Hall–Kier alpha value is -2.62. The lowest BCUT2D eigenvalue weighted by molar-refractivity contribution is 0.104. The number of halogens is 1. The molecule has 0 unspecified atom stereocenters. The summed E-state index contributed by atoms with van der Waals surface area (Å²) in [6.45, 7) is 0. The minimum Gasteiger partial charge on any atom is -0.497 e. The van der Waals surface area contributed by atoms with Crippen LogP contribution in [0.1, 0.15) is 15.9 Å². The molecule has 0 radical (unpaired) electrons. The molecule has 0 saturated carbocycles. The van der Waals surface area contributed by atoms with E-state index in [1.165, 1.54) is 32.4 Å². The van der Waals surface area contributed by atoms with Crippen LogP contribution in [0.25, 0.3) is 6.08 Å². The highest BCUT2D eigenvalue weighted by Gasteiger charge is 2.11. The number of hydrogen-bond donors (Lipinski definition) is 0. The average Bonchev–Trinajstić information content (AvgIpc) is 2.53. The zero-order valence-corrected chi connectivity index (χ0v) is 11.8. The van der Waals surface area contributed by atoms with Crippen LogP contribution in [0.15, 0.2) is 48.5 Å². The van der Waals surface area contributed by atoms with Gasteiger partial charge in [0.2, 0.25) is 0 Å². The fourth-order valence-corrected chi connectivity index (χ4v) is 1.87. The Morgan fingerprint density at radius 2 is 1.86 bits per heavy atom. The number of carbonyl (C=O) groups is 1. The van der Waals surface area contributed by atoms with Crippen molar-refractivity contribution in [1.29, 1.82) is 0 Å². The predicted molar refractivity (Wildman–Crippen MR) is 79.3 cm³/mol. The number of ketones is 1. The number of benzene rings is 2. The molecule has 0 aliphatic heterocycles. The Bertz CT molecular complexity index is 677. The molecular formula is C17H15FO3. The first-order valence-electron chi connectivity index (χ1n) is 6.34. The van der Waals surface area contributed by atoms with Gasteiger partial charge in [0.1, 0.15) is 17.3 Å². The van der Waals surface area contributed by atoms with Gasteiger partial charge in [-0.1, -0.05) is 18.2 Å². The molecule has 0 fully saturated rings. The van der Waals surface area contributed by atoms with Crippen LogP contribution in [0.2, 0.25) is 0 Å². The number of rotatable bonds is 5. The van der Waals surface area contributed by atoms with Gasteiger partial charge in [0.05, 0.1) is 19.8 Å². The Morgan fingerprint density at radius 3 is 2.52 bits per heavy atom. The van der Waals surface area contributed by atoms with Crippen LogP contribution in [0.4, 0.5) is 4.39 Å². The smallest absolute Gasteiger partial charge is 0.189 e. The maximum Gasteiger partial charge on any atom is 0.189 e. The summed E-state index contributed by atoms with van der Waals surface area (Å²) in [4.78, 5) is 12.2. The van der Waals surface area contributed by atoms with Crippen molar-refractivity contribution in [1.82, 2.24) is 0 Å². The van der Waals surface area contributed by atoms with E-state index in [1.54, 1.807) is 36.4 Å². The summed E-state index contributed by atoms with van der Waals surface area (Å²) in [6, 6.07) is 11.2. The second-order valence-electron chi connectivity index (χ2n) is 4.29. The SMILES string of the molecule is COc1ccc(OC)c(C(=O)/C=C/c2ccccc2F)c1. The second-order valence-corrected chi connectivity index (χ2v) is 4.29. The van der Waals surface area contributed by atoms with Crippen molar-refractivity contribution in [3.8, 4) is 11.5 Å². The van der Waals surface area contributed by atoms with Crippen LogP contribution in [-0.2, 0) is 0 Å². The third kappa shape index (κ3) is 3.48. The average molecular weight is 286 g/mol. The Labute approximate surface area is 122 Å². The van der Waals surface area contributed by atoms with Gasteiger partial charge in [0.15, 0.2) is 5.78 Å². The molecule has 2 aromatic carbocycles. The zero-order valence-electron chi connectivity index (χ0n) is 11.8. The normalized spacial score (nSPS) is 10.6. The number of ether oxygens (including phenoxy) is 2. The van der Waals surface area contributed by atoms with E-state index in [0.717, 1.165) is 0 Å². The number of allylic oxidation sites excluding steroid dienone is 1. The van der Waals surface area contributed by atoms with Crippen LogP contribution >= 0.6 is 0 Å². The van der Waals surface area contributed by atoms with Crippen LogP contribution in [0.3, 0.4) is 0 Å².